The van der Waals surface area contributed by atoms with Gasteiger partial charge in [-0.25, -0.2) is 0 Å². The maximum atomic E-state index is 9.43. The van der Waals surface area contributed by atoms with E-state index in [1.54, 1.807) is 0 Å². The number of aliphatic carboxylic acids is 2. The van der Waals surface area contributed by atoms with Gasteiger partial charge in [0.25, 0.3) is 0 Å². The van der Waals surface area contributed by atoms with Crippen molar-refractivity contribution >= 4 is 11.9 Å². The van der Waals surface area contributed by atoms with Gasteiger partial charge in [-0.2, -0.15) is 0 Å². The second-order valence-electron chi connectivity index (χ2n) is 2.12. The number of carboxylic acid groups (broad SMARTS) is 2. The van der Waals surface area contributed by atoms with Crippen LogP contribution in [0.2, 0.25) is 0 Å². The van der Waals surface area contributed by atoms with Crippen LogP contribution in [0.4, 0.5) is 0 Å². The van der Waals surface area contributed by atoms with E-state index >= 15 is 0 Å². The highest BCUT2D eigenvalue weighted by Crippen LogP contribution is 1.80. The Labute approximate surface area is 75.4 Å². The molecule has 0 rings (SSSR count). The van der Waals surface area contributed by atoms with Crippen LogP contribution in [0.1, 0.15) is 19.3 Å². The monoisotopic (exact) mass is 194 g/mol. The number of unbranched alkanes of at least 4 members (excludes halogenated alkanes) is 1. The zero-order valence-corrected chi connectivity index (χ0v) is 7.14. The van der Waals surface area contributed by atoms with Gasteiger partial charge in [0.15, 0.2) is 0 Å². The molecule has 6 nitrogen and oxygen atoms in total. The lowest BCUT2D eigenvalue weighted by atomic mass is 10.3. The molecule has 0 saturated heterocycles. The molecule has 0 aromatic rings. The molecule has 0 fully saturated rings. The molecule has 6 heteroatoms. The lowest BCUT2D eigenvalue weighted by Crippen LogP contribution is -2.03. The van der Waals surface area contributed by atoms with E-state index in [9.17, 15) is 9.59 Å². The van der Waals surface area contributed by atoms with Gasteiger partial charge in [-0.15, -0.1) is 0 Å². The molecule has 0 aliphatic rings. The summed E-state index contributed by atoms with van der Waals surface area (Å²) < 4.78 is 0. The van der Waals surface area contributed by atoms with Crippen molar-refractivity contribution in [1.29, 1.82) is 0 Å². The highest BCUT2D eigenvalue weighted by Gasteiger charge is 2.01. The van der Waals surface area contributed by atoms with Gasteiger partial charge in [-0.3, -0.25) is 9.59 Å². The van der Waals surface area contributed by atoms with Crippen LogP contribution in [0.5, 0.6) is 0 Å². The SMILES string of the molecule is O=C(O)CC(=O)O.OCCCCO. The molecule has 0 atom stereocenters. The predicted molar refractivity (Wildman–Crippen MR) is 43.3 cm³/mol. The van der Waals surface area contributed by atoms with Gasteiger partial charge in [0.05, 0.1) is 0 Å². The number of carbonyl (C=O) groups is 2. The quantitative estimate of drug-likeness (QED) is 0.339. The molecule has 4 N–H and O–H groups in total. The summed E-state index contributed by atoms with van der Waals surface area (Å²) in [6, 6.07) is 0. The molecule has 0 aliphatic carbocycles. The standard InChI is InChI=1S/C4H10O2.C3H4O4/c5-3-1-2-4-6;4-2(5)1-3(6)7/h5-6H,1-4H2;1H2,(H,4,5)(H,6,7). The zero-order chi connectivity index (χ0) is 10.7. The molecule has 0 heterocycles. The van der Waals surface area contributed by atoms with Crippen molar-refractivity contribution in [3.05, 3.63) is 0 Å². The fourth-order valence-electron chi connectivity index (χ4n) is 0.353. The molecule has 0 aromatic carbocycles. The Balaban J connectivity index is 0. The first-order chi connectivity index (χ1) is 6.04. The van der Waals surface area contributed by atoms with Crippen molar-refractivity contribution in [2.75, 3.05) is 13.2 Å². The second kappa shape index (κ2) is 10.9. The molecule has 0 unspecified atom stereocenters. The van der Waals surface area contributed by atoms with Crippen LogP contribution < -0.4 is 0 Å². The third-order valence-corrected chi connectivity index (χ3v) is 0.869. The van der Waals surface area contributed by atoms with Crippen molar-refractivity contribution in [3.63, 3.8) is 0 Å². The molecule has 0 spiro atoms. The molecule has 0 radical (unpaired) electrons. The summed E-state index contributed by atoms with van der Waals surface area (Å²) in [5, 5.41) is 31.6. The third kappa shape index (κ3) is 24.8. The lowest BCUT2D eigenvalue weighted by Gasteiger charge is -1.85. The summed E-state index contributed by atoms with van der Waals surface area (Å²) in [4.78, 5) is 18.9. The van der Waals surface area contributed by atoms with Crippen LogP contribution in [0, 0.1) is 0 Å². The summed E-state index contributed by atoms with van der Waals surface area (Å²) in [7, 11) is 0. The number of hydrogen-bond acceptors (Lipinski definition) is 4. The average molecular weight is 194 g/mol. The molecule has 0 bridgehead atoms. The van der Waals surface area contributed by atoms with Crippen LogP contribution in [-0.4, -0.2) is 45.6 Å². The van der Waals surface area contributed by atoms with Crippen LogP contribution in [0.15, 0.2) is 0 Å². The number of carboxylic acids is 2. The topological polar surface area (TPSA) is 115 Å². The second-order valence-corrected chi connectivity index (χ2v) is 2.12. The summed E-state index contributed by atoms with van der Waals surface area (Å²) in [6.07, 6.45) is 0.632. The van der Waals surface area contributed by atoms with E-state index in [0.717, 1.165) is 12.8 Å². The molecular weight excluding hydrogens is 180 g/mol. The molecule has 0 saturated carbocycles. The van der Waals surface area contributed by atoms with E-state index in [2.05, 4.69) is 0 Å². The van der Waals surface area contributed by atoms with E-state index in [1.165, 1.54) is 0 Å². The normalized spacial score (nSPS) is 8.46. The molecule has 13 heavy (non-hydrogen) atoms. The smallest absolute Gasteiger partial charge is 0.314 e. The Morgan fingerprint density at radius 2 is 1.15 bits per heavy atom. The highest BCUT2D eigenvalue weighted by atomic mass is 16.4. The summed E-state index contributed by atoms with van der Waals surface area (Å²) in [5.41, 5.74) is 0. The molecular formula is C7H14O6. The van der Waals surface area contributed by atoms with Crippen molar-refractivity contribution in [1.82, 2.24) is 0 Å². The fourth-order valence-corrected chi connectivity index (χ4v) is 0.353. The van der Waals surface area contributed by atoms with E-state index in [4.69, 9.17) is 20.4 Å². The van der Waals surface area contributed by atoms with Gasteiger partial charge in [-0.1, -0.05) is 0 Å². The van der Waals surface area contributed by atoms with E-state index in [1.807, 2.05) is 0 Å². The largest absolute Gasteiger partial charge is 0.481 e. The van der Waals surface area contributed by atoms with Crippen molar-refractivity contribution in [2.45, 2.75) is 19.3 Å². The molecule has 0 aliphatic heterocycles. The molecule has 78 valence electrons. The minimum absolute atomic E-state index is 0.195. The zero-order valence-electron chi connectivity index (χ0n) is 7.14. The number of aliphatic hydroxyl groups excluding tert-OH is 2. The Morgan fingerprint density at radius 3 is 1.23 bits per heavy atom. The first kappa shape index (κ1) is 14.4. The summed E-state index contributed by atoms with van der Waals surface area (Å²) in [5.74, 6) is -2.62. The molecule has 0 amide bonds. The Kier molecular flexibility index (Phi) is 12.0. The van der Waals surface area contributed by atoms with Crippen LogP contribution in [0.25, 0.3) is 0 Å². The Hall–Kier alpha value is -1.14. The van der Waals surface area contributed by atoms with Crippen LogP contribution >= 0.6 is 0 Å². The van der Waals surface area contributed by atoms with Gasteiger partial charge in [0, 0.05) is 13.2 Å². The minimum atomic E-state index is -1.31. The van der Waals surface area contributed by atoms with Gasteiger partial charge in [-0.05, 0) is 12.8 Å². The average Bonchev–Trinajstić information content (AvgIpc) is 1.99. The van der Waals surface area contributed by atoms with Crippen molar-refractivity contribution in [3.8, 4) is 0 Å². The maximum Gasteiger partial charge on any atom is 0.314 e. The number of rotatable bonds is 5. The van der Waals surface area contributed by atoms with E-state index < -0.39 is 18.4 Å². The van der Waals surface area contributed by atoms with E-state index in [0.29, 0.717) is 0 Å². The van der Waals surface area contributed by atoms with Crippen molar-refractivity contribution < 1.29 is 30.0 Å². The fraction of sp³-hybridized carbons (Fsp3) is 0.714. The van der Waals surface area contributed by atoms with Gasteiger partial charge < -0.3 is 20.4 Å². The maximum absolute atomic E-state index is 9.43. The van der Waals surface area contributed by atoms with E-state index in [-0.39, 0.29) is 13.2 Å². The minimum Gasteiger partial charge on any atom is -0.481 e. The summed E-state index contributed by atoms with van der Waals surface area (Å²) in [6.45, 7) is 0.390. The third-order valence-electron chi connectivity index (χ3n) is 0.869. The van der Waals surface area contributed by atoms with Gasteiger partial charge in [0.1, 0.15) is 6.42 Å². The first-order valence-corrected chi connectivity index (χ1v) is 3.70. The Morgan fingerprint density at radius 1 is 0.846 bits per heavy atom. The van der Waals surface area contributed by atoms with Crippen molar-refractivity contribution in [2.24, 2.45) is 0 Å². The van der Waals surface area contributed by atoms with Gasteiger partial charge >= 0.3 is 11.9 Å². The molecule has 0 aromatic heterocycles. The lowest BCUT2D eigenvalue weighted by molar-refractivity contribution is -0.147. The highest BCUT2D eigenvalue weighted by molar-refractivity contribution is 5.88. The number of hydrogen-bond donors (Lipinski definition) is 4. The van der Waals surface area contributed by atoms with Gasteiger partial charge in [0.2, 0.25) is 0 Å². The summed E-state index contributed by atoms with van der Waals surface area (Å²) >= 11 is 0. The van der Waals surface area contributed by atoms with Crippen LogP contribution in [0.3, 0.4) is 0 Å². The Bertz CT molecular complexity index is 128. The first-order valence-electron chi connectivity index (χ1n) is 3.70. The van der Waals surface area contributed by atoms with Crippen LogP contribution in [-0.2, 0) is 9.59 Å². The predicted octanol–water partition coefficient (Wildman–Crippen LogP) is -0.703. The number of aliphatic hydroxyl groups is 2.